The number of aryl methyl sites for hydroxylation is 1. The molecule has 0 aromatic heterocycles. The lowest BCUT2D eigenvalue weighted by Gasteiger charge is -2.64. The van der Waals surface area contributed by atoms with Crippen LogP contribution in [0.3, 0.4) is 0 Å². The summed E-state index contributed by atoms with van der Waals surface area (Å²) in [7, 11) is -0.637. The number of carbonyl (C=O) groups excluding carboxylic acids is 1. The Morgan fingerprint density at radius 1 is 1.25 bits per heavy atom. The smallest absolute Gasteiger partial charge is 0.445 e. The average Bonchev–Trinajstić information content (AvgIpc) is 3.19. The van der Waals surface area contributed by atoms with E-state index in [9.17, 15) is 18.0 Å². The molecule has 1 amide bonds. The fourth-order valence-electron chi connectivity index (χ4n) is 6.79. The number of carbonyl (C=O) groups is 1. The third kappa shape index (κ3) is 4.88. The lowest BCUT2D eigenvalue weighted by molar-refractivity contribution is -0.199. The van der Waals surface area contributed by atoms with Gasteiger partial charge in [0.25, 0.3) is 0 Å². The van der Waals surface area contributed by atoms with Gasteiger partial charge in [-0.25, -0.2) is 4.79 Å². The summed E-state index contributed by atoms with van der Waals surface area (Å²) in [5, 5.41) is 6.20. The topological polar surface area (TPSA) is 68.8 Å². The van der Waals surface area contributed by atoms with E-state index in [4.69, 9.17) is 14.0 Å². The summed E-state index contributed by atoms with van der Waals surface area (Å²) in [6, 6.07) is 5.16. The maximum Gasteiger partial charge on any atom is 0.481 e. The Balaban J connectivity index is 1.28. The zero-order chi connectivity index (χ0) is 25.7. The van der Waals surface area contributed by atoms with E-state index in [1.54, 1.807) is 0 Å². The molecular weight excluding hydrogens is 472 g/mol. The lowest BCUT2D eigenvalue weighted by atomic mass is 9.43. The van der Waals surface area contributed by atoms with Crippen molar-refractivity contribution in [2.75, 3.05) is 13.1 Å². The molecule has 6 nitrogen and oxygen atoms in total. The van der Waals surface area contributed by atoms with Crippen LogP contribution < -0.4 is 10.6 Å². The zero-order valence-corrected chi connectivity index (χ0v) is 21.2. The molecule has 1 aromatic rings. The van der Waals surface area contributed by atoms with Gasteiger partial charge in [0, 0.05) is 6.54 Å². The number of halogens is 3. The summed E-state index contributed by atoms with van der Waals surface area (Å²) in [6.07, 6.45) is -0.375. The Labute approximate surface area is 211 Å². The number of hydrogen-bond acceptors (Lipinski definition) is 5. The van der Waals surface area contributed by atoms with Crippen LogP contribution in [0.15, 0.2) is 24.3 Å². The molecule has 2 saturated heterocycles. The van der Waals surface area contributed by atoms with Crippen molar-refractivity contribution in [3.8, 4) is 0 Å². The van der Waals surface area contributed by atoms with E-state index >= 15 is 0 Å². The molecule has 5 aliphatic rings. The van der Waals surface area contributed by atoms with E-state index in [0.29, 0.717) is 31.2 Å². The van der Waals surface area contributed by atoms with Crippen LogP contribution in [0, 0.1) is 17.3 Å². The SMILES string of the molecule is CC1(C)[C@@H]2C[C@H]3OB([C@H](CCc4ccc(C(F)(F)F)cc4)NC(=O)O[C@H]4CCCNC4)O[C@@]3(C)[C@H]1C2. The number of ether oxygens (including phenoxy) is 1. The highest BCUT2D eigenvalue weighted by Crippen LogP contribution is 2.65. The van der Waals surface area contributed by atoms with Crippen LogP contribution in [0.5, 0.6) is 0 Å². The van der Waals surface area contributed by atoms with E-state index in [0.717, 1.165) is 49.9 Å². The Morgan fingerprint density at radius 2 is 2.00 bits per heavy atom. The van der Waals surface area contributed by atoms with E-state index in [1.807, 2.05) is 0 Å². The Morgan fingerprint density at radius 3 is 2.64 bits per heavy atom. The van der Waals surface area contributed by atoms with Gasteiger partial charge in [-0.1, -0.05) is 26.0 Å². The van der Waals surface area contributed by atoms with Crippen molar-refractivity contribution >= 4 is 13.2 Å². The molecule has 36 heavy (non-hydrogen) atoms. The summed E-state index contributed by atoms with van der Waals surface area (Å²) < 4.78 is 57.5. The van der Waals surface area contributed by atoms with E-state index in [2.05, 4.69) is 31.4 Å². The zero-order valence-electron chi connectivity index (χ0n) is 21.2. The second-order valence-corrected chi connectivity index (χ2v) is 11.7. The molecule has 3 aliphatic carbocycles. The van der Waals surface area contributed by atoms with Gasteiger partial charge in [-0.05, 0) is 86.9 Å². The molecule has 6 rings (SSSR count). The summed E-state index contributed by atoms with van der Waals surface area (Å²) >= 11 is 0. The molecule has 2 heterocycles. The van der Waals surface area contributed by atoms with Crippen molar-refractivity contribution in [1.29, 1.82) is 0 Å². The highest BCUT2D eigenvalue weighted by Gasteiger charge is 2.68. The molecule has 0 spiro atoms. The predicted octanol–water partition coefficient (Wildman–Crippen LogP) is 4.75. The second-order valence-electron chi connectivity index (χ2n) is 11.7. The Hall–Kier alpha value is -1.78. The summed E-state index contributed by atoms with van der Waals surface area (Å²) in [5.41, 5.74) is -0.148. The molecule has 6 atom stereocenters. The monoisotopic (exact) mass is 508 g/mol. The van der Waals surface area contributed by atoms with Gasteiger partial charge in [-0.2, -0.15) is 13.2 Å². The Kier molecular flexibility index (Phi) is 6.83. The third-order valence-corrected chi connectivity index (χ3v) is 9.15. The first-order valence-electron chi connectivity index (χ1n) is 13.1. The summed E-state index contributed by atoms with van der Waals surface area (Å²) in [5.74, 6) is 0.499. The van der Waals surface area contributed by atoms with Gasteiger partial charge in [0.15, 0.2) is 0 Å². The quantitative estimate of drug-likeness (QED) is 0.543. The first-order chi connectivity index (χ1) is 17.0. The normalized spacial score (nSPS) is 33.9. The van der Waals surface area contributed by atoms with Crippen LogP contribution in [0.25, 0.3) is 0 Å². The van der Waals surface area contributed by atoms with Crippen molar-refractivity contribution in [2.24, 2.45) is 17.3 Å². The largest absolute Gasteiger partial charge is 0.481 e. The van der Waals surface area contributed by atoms with E-state index in [-0.39, 0.29) is 17.6 Å². The maximum atomic E-state index is 12.9. The molecular formula is C26H36BF3N2O4. The number of amides is 1. The van der Waals surface area contributed by atoms with Gasteiger partial charge < -0.3 is 24.7 Å². The maximum absolute atomic E-state index is 12.9. The average molecular weight is 508 g/mol. The van der Waals surface area contributed by atoms with Crippen LogP contribution in [0.2, 0.25) is 0 Å². The minimum absolute atomic E-state index is 0.0341. The van der Waals surface area contributed by atoms with E-state index < -0.39 is 36.5 Å². The highest BCUT2D eigenvalue weighted by atomic mass is 19.4. The summed E-state index contributed by atoms with van der Waals surface area (Å²) in [6.45, 7) is 8.25. The molecule has 10 heteroatoms. The van der Waals surface area contributed by atoms with Crippen molar-refractivity contribution in [3.63, 3.8) is 0 Å². The van der Waals surface area contributed by atoms with Crippen molar-refractivity contribution in [1.82, 2.24) is 10.6 Å². The number of rotatable bonds is 6. The molecule has 0 unspecified atom stereocenters. The van der Waals surface area contributed by atoms with Gasteiger partial charge in [-0.15, -0.1) is 0 Å². The van der Waals surface area contributed by atoms with Crippen LogP contribution in [0.4, 0.5) is 18.0 Å². The van der Waals surface area contributed by atoms with Crippen molar-refractivity contribution in [3.05, 3.63) is 35.4 Å². The molecule has 2 N–H and O–H groups in total. The molecule has 0 radical (unpaired) electrons. The minimum atomic E-state index is -4.37. The van der Waals surface area contributed by atoms with Crippen LogP contribution in [-0.4, -0.2) is 50.1 Å². The van der Waals surface area contributed by atoms with Crippen molar-refractivity contribution in [2.45, 2.75) is 89.2 Å². The number of hydrogen-bond donors (Lipinski definition) is 2. The third-order valence-electron chi connectivity index (χ3n) is 9.15. The summed E-state index contributed by atoms with van der Waals surface area (Å²) in [4.78, 5) is 12.8. The molecule has 2 bridgehead atoms. The molecule has 2 aliphatic heterocycles. The first kappa shape index (κ1) is 25.9. The Bertz CT molecular complexity index is 954. The second kappa shape index (κ2) is 9.51. The van der Waals surface area contributed by atoms with Crippen LogP contribution in [-0.2, 0) is 26.6 Å². The number of alkyl carbamates (subject to hydrolysis) is 1. The van der Waals surface area contributed by atoms with Gasteiger partial charge in [0.1, 0.15) is 6.10 Å². The number of alkyl halides is 3. The van der Waals surface area contributed by atoms with Gasteiger partial charge in [0.2, 0.25) is 0 Å². The van der Waals surface area contributed by atoms with E-state index in [1.165, 1.54) is 12.1 Å². The number of benzene rings is 1. The minimum Gasteiger partial charge on any atom is -0.445 e. The van der Waals surface area contributed by atoms with Crippen molar-refractivity contribution < 1.29 is 32.0 Å². The molecule has 1 aromatic carbocycles. The van der Waals surface area contributed by atoms with Gasteiger partial charge >= 0.3 is 19.4 Å². The fourth-order valence-corrected chi connectivity index (χ4v) is 6.79. The van der Waals surface area contributed by atoms with Crippen LogP contribution >= 0.6 is 0 Å². The van der Waals surface area contributed by atoms with Gasteiger partial charge in [0.05, 0.1) is 23.2 Å². The molecule has 5 fully saturated rings. The lowest BCUT2D eigenvalue weighted by Crippen LogP contribution is -2.65. The number of nitrogens with one attached hydrogen (secondary N) is 2. The molecule has 3 saturated carbocycles. The highest BCUT2D eigenvalue weighted by molar-refractivity contribution is 6.47. The predicted molar refractivity (Wildman–Crippen MR) is 129 cm³/mol. The van der Waals surface area contributed by atoms with Gasteiger partial charge in [-0.3, -0.25) is 0 Å². The fraction of sp³-hybridized carbons (Fsp3) is 0.731. The van der Waals surface area contributed by atoms with Crippen LogP contribution in [0.1, 0.15) is 64.0 Å². The first-order valence-corrected chi connectivity index (χ1v) is 13.1. The standard InChI is InChI=1S/C26H36BF3N2O4/c1-24(2)18-13-20(24)25(3)21(14-18)35-27(36-25)22(32-23(33)34-19-5-4-12-31-15-19)11-8-16-6-9-17(10-7-16)26(28,29)30/h6-7,9-10,18-22,31H,4-5,8,11-15H2,1-3H3,(H,32,33)/t18-,19-,20-,21+,22-,25-/m0/s1. The number of piperidine rings is 1. The molecule has 198 valence electrons.